The van der Waals surface area contributed by atoms with Crippen LogP contribution < -0.4 is 11.1 Å². The van der Waals surface area contributed by atoms with Crippen molar-refractivity contribution in [3.63, 3.8) is 0 Å². The third kappa shape index (κ3) is 3.16. The van der Waals surface area contributed by atoms with E-state index in [1.165, 1.54) is 25.7 Å². The molecule has 0 spiro atoms. The summed E-state index contributed by atoms with van der Waals surface area (Å²) in [4.78, 5) is 8.84. The average molecular weight is 234 g/mol. The number of nitrogens with one attached hydrogen (secondary N) is 1. The van der Waals surface area contributed by atoms with Crippen molar-refractivity contribution < 1.29 is 0 Å². The molecule has 3 N–H and O–H groups in total. The molecule has 0 bridgehead atoms. The van der Waals surface area contributed by atoms with Crippen molar-refractivity contribution >= 4 is 5.82 Å². The highest BCUT2D eigenvalue weighted by atomic mass is 15.0. The van der Waals surface area contributed by atoms with Crippen LogP contribution in [0.25, 0.3) is 0 Å². The second-order valence-corrected chi connectivity index (χ2v) is 5.04. The standard InChI is InChI=1S/C13H22N4/c1-9-8-15-10(2)13(16-9)17-12-5-3-11(7-14)4-6-12/h8,11-12H,3-7,14H2,1-2H3,(H,16,17). The van der Waals surface area contributed by atoms with E-state index < -0.39 is 0 Å². The van der Waals surface area contributed by atoms with Gasteiger partial charge in [-0.1, -0.05) is 0 Å². The number of anilines is 1. The zero-order chi connectivity index (χ0) is 12.3. The van der Waals surface area contributed by atoms with Crippen molar-refractivity contribution in [2.75, 3.05) is 11.9 Å². The molecule has 4 nitrogen and oxygen atoms in total. The molecule has 0 aromatic carbocycles. The Kier molecular flexibility index (Phi) is 3.94. The number of aromatic nitrogens is 2. The Morgan fingerprint density at radius 1 is 1.29 bits per heavy atom. The summed E-state index contributed by atoms with van der Waals surface area (Å²) in [5.74, 6) is 1.67. The summed E-state index contributed by atoms with van der Waals surface area (Å²) < 4.78 is 0. The van der Waals surface area contributed by atoms with E-state index in [4.69, 9.17) is 5.73 Å². The Bertz CT molecular complexity index is 370. The van der Waals surface area contributed by atoms with Crippen molar-refractivity contribution in [3.8, 4) is 0 Å². The molecule has 17 heavy (non-hydrogen) atoms. The largest absolute Gasteiger partial charge is 0.366 e. The highest BCUT2D eigenvalue weighted by Gasteiger charge is 2.20. The van der Waals surface area contributed by atoms with Crippen molar-refractivity contribution in [2.45, 2.75) is 45.6 Å². The summed E-state index contributed by atoms with van der Waals surface area (Å²) in [6.07, 6.45) is 6.65. The number of nitrogens with zero attached hydrogens (tertiary/aromatic N) is 2. The Hall–Kier alpha value is -1.16. The molecule has 1 aliphatic carbocycles. The zero-order valence-electron chi connectivity index (χ0n) is 10.7. The molecule has 4 heteroatoms. The summed E-state index contributed by atoms with van der Waals surface area (Å²) in [6.45, 7) is 4.80. The molecule has 1 aromatic heterocycles. The first-order valence-corrected chi connectivity index (χ1v) is 6.46. The van der Waals surface area contributed by atoms with Gasteiger partial charge in [-0.25, -0.2) is 4.98 Å². The lowest BCUT2D eigenvalue weighted by molar-refractivity contribution is 0.344. The molecule has 1 aromatic rings. The van der Waals surface area contributed by atoms with Gasteiger partial charge < -0.3 is 11.1 Å². The molecule has 0 saturated heterocycles. The van der Waals surface area contributed by atoms with Crippen LogP contribution in [0.3, 0.4) is 0 Å². The molecule has 0 unspecified atom stereocenters. The number of rotatable bonds is 3. The van der Waals surface area contributed by atoms with E-state index in [-0.39, 0.29) is 0 Å². The molecule has 0 amide bonds. The fraction of sp³-hybridized carbons (Fsp3) is 0.692. The van der Waals surface area contributed by atoms with Crippen molar-refractivity contribution in [3.05, 3.63) is 17.6 Å². The van der Waals surface area contributed by atoms with Gasteiger partial charge in [0, 0.05) is 12.2 Å². The summed E-state index contributed by atoms with van der Waals surface area (Å²) in [5, 5.41) is 3.52. The Morgan fingerprint density at radius 2 is 2.00 bits per heavy atom. The first kappa shape index (κ1) is 12.3. The minimum atomic E-state index is 0.535. The third-order valence-corrected chi connectivity index (χ3v) is 3.60. The fourth-order valence-electron chi connectivity index (χ4n) is 2.41. The van der Waals surface area contributed by atoms with Gasteiger partial charge in [0.25, 0.3) is 0 Å². The molecule has 1 fully saturated rings. The molecule has 1 heterocycles. The monoisotopic (exact) mass is 234 g/mol. The molecule has 0 aliphatic heterocycles. The number of aryl methyl sites for hydroxylation is 2. The van der Waals surface area contributed by atoms with Crippen LogP contribution in [-0.2, 0) is 0 Å². The Labute approximate surface area is 103 Å². The lowest BCUT2D eigenvalue weighted by Crippen LogP contribution is -2.29. The predicted molar refractivity (Wildman–Crippen MR) is 69.9 cm³/mol. The summed E-state index contributed by atoms with van der Waals surface area (Å²) in [7, 11) is 0. The van der Waals surface area contributed by atoms with Crippen LogP contribution in [0.2, 0.25) is 0 Å². The summed E-state index contributed by atoms with van der Waals surface area (Å²) >= 11 is 0. The lowest BCUT2D eigenvalue weighted by atomic mass is 9.86. The first-order chi connectivity index (χ1) is 8.19. The highest BCUT2D eigenvalue weighted by Crippen LogP contribution is 2.25. The van der Waals surface area contributed by atoms with Gasteiger partial charge in [0.05, 0.1) is 11.4 Å². The molecule has 0 atom stereocenters. The van der Waals surface area contributed by atoms with Gasteiger partial charge in [0.2, 0.25) is 0 Å². The minimum Gasteiger partial charge on any atom is -0.366 e. The van der Waals surface area contributed by atoms with Crippen LogP contribution in [0.4, 0.5) is 5.82 Å². The van der Waals surface area contributed by atoms with Gasteiger partial charge >= 0.3 is 0 Å². The quantitative estimate of drug-likeness (QED) is 0.840. The number of nitrogens with two attached hydrogens (primary N) is 1. The predicted octanol–water partition coefficient (Wildman–Crippen LogP) is 2.02. The van der Waals surface area contributed by atoms with Crippen LogP contribution in [0, 0.1) is 19.8 Å². The number of hydrogen-bond donors (Lipinski definition) is 2. The van der Waals surface area contributed by atoms with Crippen molar-refractivity contribution in [1.29, 1.82) is 0 Å². The van der Waals surface area contributed by atoms with Gasteiger partial charge in [-0.3, -0.25) is 4.98 Å². The second-order valence-electron chi connectivity index (χ2n) is 5.04. The van der Waals surface area contributed by atoms with E-state index in [9.17, 15) is 0 Å². The van der Waals surface area contributed by atoms with Crippen LogP contribution in [0.5, 0.6) is 0 Å². The Balaban J connectivity index is 1.95. The van der Waals surface area contributed by atoms with E-state index in [2.05, 4.69) is 15.3 Å². The maximum absolute atomic E-state index is 5.70. The van der Waals surface area contributed by atoms with Crippen molar-refractivity contribution in [2.24, 2.45) is 11.7 Å². The van der Waals surface area contributed by atoms with E-state index in [1.807, 2.05) is 20.0 Å². The fourth-order valence-corrected chi connectivity index (χ4v) is 2.41. The van der Waals surface area contributed by atoms with E-state index >= 15 is 0 Å². The summed E-state index contributed by atoms with van der Waals surface area (Å²) in [5.41, 5.74) is 7.65. The van der Waals surface area contributed by atoms with Gasteiger partial charge in [-0.15, -0.1) is 0 Å². The van der Waals surface area contributed by atoms with Crippen LogP contribution in [0.1, 0.15) is 37.1 Å². The lowest BCUT2D eigenvalue weighted by Gasteiger charge is -2.28. The smallest absolute Gasteiger partial charge is 0.147 e. The molecular formula is C13H22N4. The molecule has 2 rings (SSSR count). The highest BCUT2D eigenvalue weighted by molar-refractivity contribution is 5.40. The van der Waals surface area contributed by atoms with Gasteiger partial charge in [0.15, 0.2) is 0 Å². The van der Waals surface area contributed by atoms with Crippen LogP contribution in [0.15, 0.2) is 6.20 Å². The zero-order valence-corrected chi connectivity index (χ0v) is 10.7. The molecule has 94 valence electrons. The Morgan fingerprint density at radius 3 is 2.65 bits per heavy atom. The van der Waals surface area contributed by atoms with E-state index in [0.29, 0.717) is 6.04 Å². The van der Waals surface area contributed by atoms with Gasteiger partial charge in [0.1, 0.15) is 5.82 Å². The SMILES string of the molecule is Cc1cnc(C)c(NC2CCC(CN)CC2)n1. The van der Waals surface area contributed by atoms with E-state index in [0.717, 1.165) is 29.7 Å². The van der Waals surface area contributed by atoms with E-state index in [1.54, 1.807) is 0 Å². The molecule has 1 aliphatic rings. The first-order valence-electron chi connectivity index (χ1n) is 6.46. The second kappa shape index (κ2) is 5.45. The van der Waals surface area contributed by atoms with Gasteiger partial charge in [-0.05, 0) is 52.0 Å². The summed E-state index contributed by atoms with van der Waals surface area (Å²) in [6, 6.07) is 0.535. The van der Waals surface area contributed by atoms with Crippen LogP contribution >= 0.6 is 0 Å². The molecular weight excluding hydrogens is 212 g/mol. The topological polar surface area (TPSA) is 63.8 Å². The van der Waals surface area contributed by atoms with Crippen LogP contribution in [-0.4, -0.2) is 22.6 Å². The normalized spacial score (nSPS) is 24.6. The average Bonchev–Trinajstić information content (AvgIpc) is 2.35. The van der Waals surface area contributed by atoms with Gasteiger partial charge in [-0.2, -0.15) is 0 Å². The molecule has 0 radical (unpaired) electrons. The maximum atomic E-state index is 5.70. The number of hydrogen-bond acceptors (Lipinski definition) is 4. The van der Waals surface area contributed by atoms with Crippen molar-refractivity contribution in [1.82, 2.24) is 9.97 Å². The maximum Gasteiger partial charge on any atom is 0.147 e. The minimum absolute atomic E-state index is 0.535. The molecule has 1 saturated carbocycles. The third-order valence-electron chi connectivity index (χ3n) is 3.60.